The van der Waals surface area contributed by atoms with Gasteiger partial charge in [0.25, 0.3) is 0 Å². The number of ketones is 1. The normalized spacial score (nSPS) is 63.6. The van der Waals surface area contributed by atoms with E-state index >= 15 is 0 Å². The number of carbonyl (C=O) groups excluding carboxylic acids is 1. The van der Waals surface area contributed by atoms with Crippen molar-refractivity contribution in [3.63, 3.8) is 0 Å². The topological polar surface area (TPSA) is 37.3 Å². The Morgan fingerprint density at radius 1 is 1.62 bits per heavy atom. The van der Waals surface area contributed by atoms with E-state index in [0.717, 1.165) is 19.3 Å². The van der Waals surface area contributed by atoms with Gasteiger partial charge >= 0.3 is 0 Å². The van der Waals surface area contributed by atoms with Gasteiger partial charge in [-0.2, -0.15) is 0 Å². The molecule has 2 bridgehead atoms. The minimum atomic E-state index is -0.727. The Kier molecular flexibility index (Phi) is 1.32. The van der Waals surface area contributed by atoms with Gasteiger partial charge in [0.2, 0.25) is 0 Å². The summed E-state index contributed by atoms with van der Waals surface area (Å²) in [6, 6.07) is 0. The van der Waals surface area contributed by atoms with Gasteiger partial charge in [-0.3, -0.25) is 4.79 Å². The van der Waals surface area contributed by atoms with E-state index in [9.17, 15) is 9.90 Å². The molecule has 0 spiro atoms. The molecule has 0 heterocycles. The molecular formula is C10H13BrO2. The number of fused-ring (bicyclic) bond motifs is 1. The van der Waals surface area contributed by atoms with Crippen molar-refractivity contribution in [2.45, 2.75) is 36.6 Å². The number of rotatable bonds is 0. The maximum atomic E-state index is 12.0. The summed E-state index contributed by atoms with van der Waals surface area (Å²) < 4.78 is 0. The largest absolute Gasteiger partial charge is 0.387 e. The van der Waals surface area contributed by atoms with Gasteiger partial charge in [0.05, 0.1) is 15.8 Å². The highest BCUT2D eigenvalue weighted by atomic mass is 79.9. The number of alkyl halides is 1. The molecule has 72 valence electrons. The number of hydrogen-bond acceptors (Lipinski definition) is 2. The molecule has 0 aromatic heterocycles. The molecule has 0 aliphatic heterocycles. The molecule has 3 rings (SSSR count). The molecular weight excluding hydrogens is 232 g/mol. The predicted molar refractivity (Wildman–Crippen MR) is 51.6 cm³/mol. The van der Waals surface area contributed by atoms with Crippen molar-refractivity contribution in [2.24, 2.45) is 17.3 Å². The summed E-state index contributed by atoms with van der Waals surface area (Å²) in [7, 11) is 0. The van der Waals surface area contributed by atoms with Crippen molar-refractivity contribution >= 4 is 21.7 Å². The van der Waals surface area contributed by atoms with E-state index in [1.165, 1.54) is 0 Å². The van der Waals surface area contributed by atoms with Gasteiger partial charge in [0.1, 0.15) is 5.78 Å². The van der Waals surface area contributed by atoms with Crippen molar-refractivity contribution in [1.82, 2.24) is 0 Å². The highest BCUT2D eigenvalue weighted by Crippen LogP contribution is 2.68. The van der Waals surface area contributed by atoms with Crippen molar-refractivity contribution in [1.29, 1.82) is 0 Å². The molecule has 3 aliphatic carbocycles. The summed E-state index contributed by atoms with van der Waals surface area (Å²) in [4.78, 5) is 12.0. The number of carbonyl (C=O) groups is 1. The number of halogens is 1. The molecule has 3 saturated carbocycles. The molecule has 5 unspecified atom stereocenters. The Hall–Kier alpha value is 0.110. The lowest BCUT2D eigenvalue weighted by Crippen LogP contribution is -2.48. The van der Waals surface area contributed by atoms with Crippen molar-refractivity contribution < 1.29 is 9.90 Å². The molecule has 0 saturated heterocycles. The average molecular weight is 245 g/mol. The minimum absolute atomic E-state index is 0.0185. The minimum Gasteiger partial charge on any atom is -0.387 e. The monoisotopic (exact) mass is 244 g/mol. The highest BCUT2D eigenvalue weighted by Gasteiger charge is 2.76. The number of aliphatic hydroxyl groups is 1. The van der Waals surface area contributed by atoms with Gasteiger partial charge in [-0.05, 0) is 32.1 Å². The molecule has 3 heteroatoms. The zero-order chi connectivity index (χ0) is 9.43. The molecule has 1 N–H and O–H groups in total. The first-order chi connectivity index (χ1) is 6.02. The summed E-state index contributed by atoms with van der Waals surface area (Å²) in [5, 5.41) is 10.6. The van der Waals surface area contributed by atoms with Crippen LogP contribution in [-0.4, -0.2) is 21.3 Å². The standard InChI is InChI=1S/C10H13BrO2/c1-9-3-2-5-4-6(8(9)12)7(11)10(5,9)13/h5-7,13H,2-4H2,1H3. The van der Waals surface area contributed by atoms with Gasteiger partial charge in [-0.25, -0.2) is 0 Å². The second-order valence-electron chi connectivity index (χ2n) is 5.00. The molecule has 0 amide bonds. The molecule has 0 radical (unpaired) electrons. The van der Waals surface area contributed by atoms with E-state index in [4.69, 9.17) is 0 Å². The third-order valence-electron chi connectivity index (χ3n) is 4.69. The number of Topliss-reactive ketones (excluding diaryl/α,β-unsaturated/α-hetero) is 1. The van der Waals surface area contributed by atoms with Gasteiger partial charge < -0.3 is 5.11 Å². The third-order valence-corrected chi connectivity index (χ3v) is 6.03. The van der Waals surface area contributed by atoms with E-state index in [2.05, 4.69) is 15.9 Å². The molecule has 0 aromatic rings. The second kappa shape index (κ2) is 2.03. The summed E-state index contributed by atoms with van der Waals surface area (Å²) in [6.45, 7) is 1.95. The molecule has 3 aliphatic rings. The van der Waals surface area contributed by atoms with Crippen LogP contribution in [0.15, 0.2) is 0 Å². The first-order valence-electron chi connectivity index (χ1n) is 4.92. The van der Waals surface area contributed by atoms with Crippen LogP contribution in [0.3, 0.4) is 0 Å². The lowest BCUT2D eigenvalue weighted by atomic mass is 9.72. The molecule has 0 aromatic carbocycles. The zero-order valence-electron chi connectivity index (χ0n) is 7.59. The maximum Gasteiger partial charge on any atom is 0.145 e. The summed E-state index contributed by atoms with van der Waals surface area (Å²) >= 11 is 3.51. The van der Waals surface area contributed by atoms with Crippen LogP contribution in [-0.2, 0) is 4.79 Å². The van der Waals surface area contributed by atoms with Crippen LogP contribution < -0.4 is 0 Å². The molecule has 3 fully saturated rings. The van der Waals surface area contributed by atoms with Crippen LogP contribution in [0.2, 0.25) is 0 Å². The smallest absolute Gasteiger partial charge is 0.145 e. The van der Waals surface area contributed by atoms with Gasteiger partial charge in [0.15, 0.2) is 0 Å². The Labute approximate surface area is 85.8 Å². The van der Waals surface area contributed by atoms with E-state index in [-0.39, 0.29) is 10.7 Å². The fourth-order valence-electron chi connectivity index (χ4n) is 3.86. The van der Waals surface area contributed by atoms with Gasteiger partial charge in [0, 0.05) is 5.92 Å². The molecule has 13 heavy (non-hydrogen) atoms. The van der Waals surface area contributed by atoms with Crippen LogP contribution in [0.1, 0.15) is 26.2 Å². The van der Waals surface area contributed by atoms with Crippen LogP contribution in [0.25, 0.3) is 0 Å². The summed E-state index contributed by atoms with van der Waals surface area (Å²) in [6.07, 6.45) is 2.81. The lowest BCUT2D eigenvalue weighted by Gasteiger charge is -2.36. The first kappa shape index (κ1) is 8.42. The fraction of sp³-hybridized carbons (Fsp3) is 0.900. The third kappa shape index (κ3) is 0.608. The van der Waals surface area contributed by atoms with Crippen LogP contribution in [0.5, 0.6) is 0 Å². The summed E-state index contributed by atoms with van der Waals surface area (Å²) in [5.74, 6) is 0.748. The molecule has 2 nitrogen and oxygen atoms in total. The lowest BCUT2D eigenvalue weighted by molar-refractivity contribution is -0.139. The van der Waals surface area contributed by atoms with E-state index in [1.807, 2.05) is 6.92 Å². The Morgan fingerprint density at radius 2 is 2.31 bits per heavy atom. The Bertz CT molecular complexity index is 303. The zero-order valence-corrected chi connectivity index (χ0v) is 9.17. The maximum absolute atomic E-state index is 12.0. The van der Waals surface area contributed by atoms with Crippen LogP contribution >= 0.6 is 15.9 Å². The Morgan fingerprint density at radius 3 is 2.85 bits per heavy atom. The first-order valence-corrected chi connectivity index (χ1v) is 5.84. The summed E-state index contributed by atoms with van der Waals surface area (Å²) in [5.41, 5.74) is -1.16. The average Bonchev–Trinajstić information content (AvgIpc) is 2.48. The van der Waals surface area contributed by atoms with E-state index in [0.29, 0.717) is 11.7 Å². The van der Waals surface area contributed by atoms with Gasteiger partial charge in [-0.1, -0.05) is 15.9 Å². The highest BCUT2D eigenvalue weighted by molar-refractivity contribution is 9.09. The van der Waals surface area contributed by atoms with Crippen molar-refractivity contribution in [3.05, 3.63) is 0 Å². The molecule has 5 atom stereocenters. The quantitative estimate of drug-likeness (QED) is 0.656. The van der Waals surface area contributed by atoms with E-state index < -0.39 is 11.0 Å². The van der Waals surface area contributed by atoms with Crippen LogP contribution in [0, 0.1) is 17.3 Å². The van der Waals surface area contributed by atoms with Crippen LogP contribution in [0.4, 0.5) is 0 Å². The predicted octanol–water partition coefficient (Wildman–Crippen LogP) is 1.50. The SMILES string of the molecule is CC12CCC3CC(C1=O)C(Br)C32O. The number of hydrogen-bond donors (Lipinski definition) is 1. The second-order valence-corrected chi connectivity index (χ2v) is 5.99. The fourth-order valence-corrected chi connectivity index (χ4v) is 5.20. The van der Waals surface area contributed by atoms with E-state index in [1.54, 1.807) is 0 Å². The van der Waals surface area contributed by atoms with Crippen molar-refractivity contribution in [3.8, 4) is 0 Å². The van der Waals surface area contributed by atoms with Gasteiger partial charge in [-0.15, -0.1) is 0 Å². The van der Waals surface area contributed by atoms with Crippen molar-refractivity contribution in [2.75, 3.05) is 0 Å². The Balaban J connectivity index is 2.23.